The number of methoxy groups -OCH3 is 1. The molecule has 4 rings (SSSR count). The molecule has 7 nitrogen and oxygen atoms in total. The second kappa shape index (κ2) is 10.2. The summed E-state index contributed by atoms with van der Waals surface area (Å²) in [4.78, 5) is 19.1. The first-order valence-corrected chi connectivity index (χ1v) is 10.7. The van der Waals surface area contributed by atoms with Crippen molar-refractivity contribution in [2.75, 3.05) is 25.5 Å². The summed E-state index contributed by atoms with van der Waals surface area (Å²) in [6, 6.07) is 19.5. The summed E-state index contributed by atoms with van der Waals surface area (Å²) in [6.07, 6.45) is 2.51. The first kappa shape index (κ1) is 21.6. The van der Waals surface area contributed by atoms with Crippen LogP contribution in [0.4, 0.5) is 10.5 Å². The Balaban J connectivity index is 1.26. The Morgan fingerprint density at radius 2 is 1.97 bits per heavy atom. The Labute approximate surface area is 188 Å². The van der Waals surface area contributed by atoms with E-state index < -0.39 is 0 Å². The predicted molar refractivity (Wildman–Crippen MR) is 124 cm³/mol. The van der Waals surface area contributed by atoms with E-state index in [1.165, 1.54) is 5.56 Å². The van der Waals surface area contributed by atoms with Crippen molar-refractivity contribution in [1.29, 1.82) is 0 Å². The van der Waals surface area contributed by atoms with Crippen molar-refractivity contribution in [2.45, 2.75) is 25.9 Å². The Kier molecular flexibility index (Phi) is 6.87. The summed E-state index contributed by atoms with van der Waals surface area (Å²) in [6.45, 7) is 4.70. The lowest BCUT2D eigenvalue weighted by atomic mass is 10.2. The molecule has 0 spiro atoms. The minimum atomic E-state index is -0.229. The number of benzene rings is 2. The van der Waals surface area contributed by atoms with E-state index in [2.05, 4.69) is 44.8 Å². The van der Waals surface area contributed by atoms with Crippen molar-refractivity contribution in [3.05, 3.63) is 78.0 Å². The van der Waals surface area contributed by atoms with Crippen molar-refractivity contribution < 1.29 is 14.3 Å². The summed E-state index contributed by atoms with van der Waals surface area (Å²) in [7, 11) is 1.60. The molecule has 0 bridgehead atoms. The predicted octanol–water partition coefficient (Wildman–Crippen LogP) is 4.59. The minimum absolute atomic E-state index is 0.128. The molecule has 2 N–H and O–H groups in total. The number of rotatable bonds is 7. The molecule has 1 aliphatic rings. The van der Waals surface area contributed by atoms with Gasteiger partial charge in [-0.15, -0.1) is 0 Å². The van der Waals surface area contributed by atoms with E-state index in [1.807, 2.05) is 31.2 Å². The average molecular weight is 433 g/mol. The molecule has 0 saturated carbocycles. The molecular weight excluding hydrogens is 404 g/mol. The third-order valence-corrected chi connectivity index (χ3v) is 5.38. The van der Waals surface area contributed by atoms with Gasteiger partial charge in [-0.2, -0.15) is 0 Å². The number of aromatic nitrogens is 1. The van der Waals surface area contributed by atoms with E-state index in [4.69, 9.17) is 9.47 Å². The molecular formula is C25H28N4O3. The molecule has 2 aromatic carbocycles. The molecule has 2 amide bonds. The molecule has 2 heterocycles. The molecule has 1 fully saturated rings. The number of likely N-dealkylation sites (tertiary alicyclic amines) is 1. The summed E-state index contributed by atoms with van der Waals surface area (Å²) in [5, 5.41) is 5.89. The third-order valence-electron chi connectivity index (χ3n) is 5.38. The molecule has 1 aromatic heterocycles. The maximum atomic E-state index is 12.4. The quantitative estimate of drug-likeness (QED) is 0.571. The number of carbonyl (C=O) groups is 1. The van der Waals surface area contributed by atoms with Crippen molar-refractivity contribution in [3.8, 4) is 17.4 Å². The number of aryl methyl sites for hydroxylation is 1. The zero-order valence-corrected chi connectivity index (χ0v) is 18.4. The van der Waals surface area contributed by atoms with E-state index in [1.54, 1.807) is 25.4 Å². The van der Waals surface area contributed by atoms with Crippen LogP contribution in [-0.2, 0) is 6.54 Å². The summed E-state index contributed by atoms with van der Waals surface area (Å²) < 4.78 is 11.2. The highest BCUT2D eigenvalue weighted by Crippen LogP contribution is 2.31. The standard InChI is InChI=1S/C25H28N4O3/c1-18-8-10-22(23(14-18)31-2)32-24-11-9-20(15-26-24)27-25(30)28-21-12-13-29(17-21)16-19-6-4-3-5-7-19/h3-11,14-15,21H,12-13,16-17H2,1-2H3,(H2,27,28,30)/t21-/m1/s1. The highest BCUT2D eigenvalue weighted by Gasteiger charge is 2.23. The van der Waals surface area contributed by atoms with Gasteiger partial charge in [0.15, 0.2) is 11.5 Å². The Morgan fingerprint density at radius 3 is 2.72 bits per heavy atom. The number of hydrogen-bond donors (Lipinski definition) is 2. The van der Waals surface area contributed by atoms with E-state index >= 15 is 0 Å². The van der Waals surface area contributed by atoms with Gasteiger partial charge in [0.2, 0.25) is 5.88 Å². The van der Waals surface area contributed by atoms with E-state index in [0.717, 1.165) is 31.6 Å². The lowest BCUT2D eigenvalue weighted by molar-refractivity contribution is 0.247. The summed E-state index contributed by atoms with van der Waals surface area (Å²) in [5.74, 6) is 1.65. The number of anilines is 1. The second-order valence-electron chi connectivity index (χ2n) is 7.95. The Morgan fingerprint density at radius 1 is 1.12 bits per heavy atom. The zero-order chi connectivity index (χ0) is 22.3. The lowest BCUT2D eigenvalue weighted by Crippen LogP contribution is -2.39. The van der Waals surface area contributed by atoms with Crippen LogP contribution in [0.15, 0.2) is 66.9 Å². The van der Waals surface area contributed by atoms with Gasteiger partial charge in [0, 0.05) is 31.7 Å². The van der Waals surface area contributed by atoms with Crippen LogP contribution in [0.5, 0.6) is 17.4 Å². The molecule has 32 heavy (non-hydrogen) atoms. The fraction of sp³-hybridized carbons (Fsp3) is 0.280. The monoisotopic (exact) mass is 432 g/mol. The topological polar surface area (TPSA) is 75.7 Å². The van der Waals surface area contributed by atoms with Crippen LogP contribution in [0, 0.1) is 6.92 Å². The van der Waals surface area contributed by atoms with E-state index in [-0.39, 0.29) is 12.1 Å². The molecule has 0 aliphatic carbocycles. The molecule has 0 unspecified atom stereocenters. The van der Waals surface area contributed by atoms with Crippen molar-refractivity contribution in [3.63, 3.8) is 0 Å². The van der Waals surface area contributed by atoms with Crippen molar-refractivity contribution in [1.82, 2.24) is 15.2 Å². The maximum absolute atomic E-state index is 12.4. The van der Waals surface area contributed by atoms with Gasteiger partial charge >= 0.3 is 6.03 Å². The van der Waals surface area contributed by atoms with Gasteiger partial charge in [-0.25, -0.2) is 9.78 Å². The van der Waals surface area contributed by atoms with Crippen LogP contribution >= 0.6 is 0 Å². The fourth-order valence-electron chi connectivity index (χ4n) is 3.77. The number of ether oxygens (including phenoxy) is 2. The van der Waals surface area contributed by atoms with Gasteiger partial charge in [-0.3, -0.25) is 4.90 Å². The summed E-state index contributed by atoms with van der Waals surface area (Å²) in [5.41, 5.74) is 2.97. The largest absolute Gasteiger partial charge is 0.493 e. The number of nitrogens with one attached hydrogen (secondary N) is 2. The highest BCUT2D eigenvalue weighted by atomic mass is 16.5. The molecule has 3 aromatic rings. The normalized spacial score (nSPS) is 15.9. The van der Waals surface area contributed by atoms with Gasteiger partial charge < -0.3 is 20.1 Å². The van der Waals surface area contributed by atoms with Crippen LogP contribution in [0.1, 0.15) is 17.5 Å². The van der Waals surface area contributed by atoms with Crippen LogP contribution in [0.25, 0.3) is 0 Å². The number of amides is 2. The molecule has 166 valence electrons. The minimum Gasteiger partial charge on any atom is -0.493 e. The van der Waals surface area contributed by atoms with Gasteiger partial charge in [0.05, 0.1) is 19.0 Å². The molecule has 1 aliphatic heterocycles. The van der Waals surface area contributed by atoms with E-state index in [9.17, 15) is 4.79 Å². The first-order chi connectivity index (χ1) is 15.6. The number of hydrogen-bond acceptors (Lipinski definition) is 5. The third kappa shape index (κ3) is 5.76. The molecule has 0 radical (unpaired) electrons. The van der Waals surface area contributed by atoms with Crippen LogP contribution in [0.3, 0.4) is 0 Å². The van der Waals surface area contributed by atoms with Gasteiger partial charge in [-0.05, 0) is 42.7 Å². The number of urea groups is 1. The smallest absolute Gasteiger partial charge is 0.319 e. The number of carbonyl (C=O) groups excluding carboxylic acids is 1. The van der Waals surface area contributed by atoms with Gasteiger partial charge in [-0.1, -0.05) is 36.4 Å². The molecule has 7 heteroatoms. The van der Waals surface area contributed by atoms with Crippen LogP contribution < -0.4 is 20.1 Å². The lowest BCUT2D eigenvalue weighted by Gasteiger charge is -2.17. The maximum Gasteiger partial charge on any atom is 0.319 e. The van der Waals surface area contributed by atoms with Gasteiger partial charge in [0.1, 0.15) is 0 Å². The highest BCUT2D eigenvalue weighted by molar-refractivity contribution is 5.89. The molecule has 1 saturated heterocycles. The fourth-order valence-corrected chi connectivity index (χ4v) is 3.77. The average Bonchev–Trinajstić information content (AvgIpc) is 3.23. The Hall–Kier alpha value is -3.58. The van der Waals surface area contributed by atoms with Crippen LogP contribution in [-0.4, -0.2) is 42.2 Å². The Bertz CT molecular complexity index is 1040. The van der Waals surface area contributed by atoms with E-state index in [0.29, 0.717) is 23.1 Å². The van der Waals surface area contributed by atoms with Crippen molar-refractivity contribution in [2.24, 2.45) is 0 Å². The van der Waals surface area contributed by atoms with Crippen molar-refractivity contribution >= 4 is 11.7 Å². The van der Waals surface area contributed by atoms with Gasteiger partial charge in [0.25, 0.3) is 0 Å². The SMILES string of the molecule is COc1cc(C)ccc1Oc1ccc(NC(=O)N[C@@H]2CCN(Cc3ccccc3)C2)cn1. The summed E-state index contributed by atoms with van der Waals surface area (Å²) >= 11 is 0. The first-order valence-electron chi connectivity index (χ1n) is 10.7. The zero-order valence-electron chi connectivity index (χ0n) is 18.4. The number of pyridine rings is 1. The number of nitrogens with zero attached hydrogens (tertiary/aromatic N) is 2. The van der Waals surface area contributed by atoms with Crippen LogP contribution in [0.2, 0.25) is 0 Å². The second-order valence-corrected chi connectivity index (χ2v) is 7.95. The molecule has 1 atom stereocenters.